The smallest absolute Gasteiger partial charge is 0.244 e. The van der Waals surface area contributed by atoms with Crippen molar-refractivity contribution in [3.05, 3.63) is 54.3 Å². The molecule has 2 saturated heterocycles. The van der Waals surface area contributed by atoms with Crippen LogP contribution in [-0.4, -0.2) is 59.0 Å². The maximum Gasteiger partial charge on any atom is 0.244 e. The number of hydrogen-bond acceptors (Lipinski definition) is 6. The van der Waals surface area contributed by atoms with Crippen LogP contribution in [-0.2, 0) is 24.8 Å². The maximum absolute atomic E-state index is 13.1. The van der Waals surface area contributed by atoms with Crippen LogP contribution in [0.15, 0.2) is 53.4 Å². The average Bonchev–Trinajstić information content (AvgIpc) is 2.95. The molecule has 11 heteroatoms. The molecule has 166 valence electrons. The van der Waals surface area contributed by atoms with Gasteiger partial charge in [-0.3, -0.25) is 4.79 Å². The number of hydrogen-bond donors (Lipinski definition) is 0. The lowest BCUT2D eigenvalue weighted by Crippen LogP contribution is -2.48. The molecule has 0 aliphatic carbocycles. The third kappa shape index (κ3) is 4.04. The van der Waals surface area contributed by atoms with Gasteiger partial charge in [0.1, 0.15) is 5.82 Å². The number of piperazine rings is 1. The van der Waals surface area contributed by atoms with Gasteiger partial charge in [-0.2, -0.15) is 4.31 Å². The van der Waals surface area contributed by atoms with E-state index in [2.05, 4.69) is 0 Å². The molecule has 4 rings (SSSR count). The second-order valence-corrected chi connectivity index (χ2v) is 11.4. The summed E-state index contributed by atoms with van der Waals surface area (Å²) in [6.07, 6.45) is 0. The van der Waals surface area contributed by atoms with Crippen LogP contribution >= 0.6 is 0 Å². The number of anilines is 2. The predicted octanol–water partition coefficient (Wildman–Crippen LogP) is 1.65. The number of amides is 1. The Kier molecular flexibility index (Phi) is 5.52. The van der Waals surface area contributed by atoms with Crippen molar-refractivity contribution in [1.29, 1.82) is 0 Å². The zero-order chi connectivity index (χ0) is 22.4. The van der Waals surface area contributed by atoms with Crippen LogP contribution < -0.4 is 9.21 Å². The molecule has 0 saturated carbocycles. The second kappa shape index (κ2) is 7.88. The zero-order valence-electron chi connectivity index (χ0n) is 16.8. The molecule has 0 N–H and O–H groups in total. The Morgan fingerprint density at radius 2 is 1.45 bits per heavy atom. The number of benzene rings is 2. The van der Waals surface area contributed by atoms with Crippen LogP contribution in [0.1, 0.15) is 6.92 Å². The molecular weight excluding hydrogens is 445 g/mol. The summed E-state index contributed by atoms with van der Waals surface area (Å²) in [6.45, 7) is 2.99. The highest BCUT2D eigenvalue weighted by molar-refractivity contribution is 7.94. The minimum atomic E-state index is -3.77. The van der Waals surface area contributed by atoms with E-state index in [1.54, 1.807) is 19.1 Å². The number of carbonyl (C=O) groups is 1. The molecule has 0 spiro atoms. The third-order valence-electron chi connectivity index (χ3n) is 5.50. The minimum absolute atomic E-state index is 0.0311. The largest absolute Gasteiger partial charge is 0.369 e. The van der Waals surface area contributed by atoms with Crippen molar-refractivity contribution in [2.75, 3.05) is 41.1 Å². The highest BCUT2D eigenvalue weighted by Crippen LogP contribution is 2.30. The summed E-state index contributed by atoms with van der Waals surface area (Å²) < 4.78 is 65.7. The molecule has 0 aromatic heterocycles. The van der Waals surface area contributed by atoms with Crippen molar-refractivity contribution >= 4 is 37.3 Å². The van der Waals surface area contributed by atoms with Gasteiger partial charge in [0.15, 0.2) is 0 Å². The van der Waals surface area contributed by atoms with E-state index in [4.69, 9.17) is 0 Å². The van der Waals surface area contributed by atoms with Crippen molar-refractivity contribution in [2.45, 2.75) is 11.8 Å². The number of carbonyl (C=O) groups excluding carboxylic acids is 1. The Morgan fingerprint density at radius 1 is 0.903 bits per heavy atom. The van der Waals surface area contributed by atoms with Gasteiger partial charge in [0.05, 0.1) is 22.3 Å². The lowest BCUT2D eigenvalue weighted by Gasteiger charge is -2.35. The molecule has 2 heterocycles. The normalized spacial score (nSPS) is 22.1. The highest BCUT2D eigenvalue weighted by Gasteiger charge is 2.42. The molecule has 8 nitrogen and oxygen atoms in total. The molecule has 2 aromatic rings. The summed E-state index contributed by atoms with van der Waals surface area (Å²) in [4.78, 5) is 14.2. The van der Waals surface area contributed by atoms with Crippen molar-refractivity contribution in [1.82, 2.24) is 4.31 Å². The van der Waals surface area contributed by atoms with E-state index in [0.29, 0.717) is 13.1 Å². The maximum atomic E-state index is 13.1. The third-order valence-corrected chi connectivity index (χ3v) is 9.28. The van der Waals surface area contributed by atoms with Gasteiger partial charge in [-0.05, 0) is 48.5 Å². The molecule has 1 amide bonds. The fourth-order valence-electron chi connectivity index (χ4n) is 3.83. The summed E-state index contributed by atoms with van der Waals surface area (Å²) in [6, 6.07) is 11.4. The number of nitrogens with zero attached hydrogens (tertiary/aromatic N) is 3. The zero-order valence-corrected chi connectivity index (χ0v) is 18.4. The van der Waals surface area contributed by atoms with E-state index in [1.807, 2.05) is 4.90 Å². The topological polar surface area (TPSA) is 95.1 Å². The predicted molar refractivity (Wildman–Crippen MR) is 114 cm³/mol. The Morgan fingerprint density at radius 3 is 1.97 bits per heavy atom. The van der Waals surface area contributed by atoms with Crippen LogP contribution in [0.2, 0.25) is 0 Å². The molecule has 0 bridgehead atoms. The van der Waals surface area contributed by atoms with E-state index in [9.17, 15) is 26.0 Å². The standard InChI is InChI=1S/C20H22FN3O5S2/c1-15-14-30(26,27)24(20(15)25)18-6-8-19(9-7-18)31(28,29)23-12-10-22(11-13-23)17-4-2-16(21)3-5-17/h2-9,15H,10-14H2,1H3. The van der Waals surface area contributed by atoms with Gasteiger partial charge in [-0.1, -0.05) is 6.92 Å². The summed E-state index contributed by atoms with van der Waals surface area (Å²) in [5.74, 6) is -1.74. The SMILES string of the molecule is CC1CS(=O)(=O)N(c2ccc(S(=O)(=O)N3CCN(c4ccc(F)cc4)CC3)cc2)C1=O. The fourth-order valence-corrected chi connectivity index (χ4v) is 7.07. The first-order chi connectivity index (χ1) is 14.6. The minimum Gasteiger partial charge on any atom is -0.369 e. The van der Waals surface area contributed by atoms with Crippen LogP contribution in [0.4, 0.5) is 15.8 Å². The van der Waals surface area contributed by atoms with Crippen LogP contribution in [0.5, 0.6) is 0 Å². The van der Waals surface area contributed by atoms with E-state index in [1.165, 1.54) is 40.7 Å². The van der Waals surface area contributed by atoms with E-state index in [-0.39, 0.29) is 35.2 Å². The molecule has 1 unspecified atom stereocenters. The molecule has 2 fully saturated rings. The van der Waals surface area contributed by atoms with Gasteiger partial charge in [0.2, 0.25) is 26.0 Å². The van der Waals surface area contributed by atoms with Crippen LogP contribution in [0.25, 0.3) is 0 Å². The van der Waals surface area contributed by atoms with Crippen molar-refractivity contribution in [3.63, 3.8) is 0 Å². The number of sulfonamides is 2. The number of halogens is 1. The molecule has 1 atom stereocenters. The van der Waals surface area contributed by atoms with E-state index < -0.39 is 31.9 Å². The Labute approximate surface area is 181 Å². The Balaban J connectivity index is 1.48. The van der Waals surface area contributed by atoms with Gasteiger partial charge in [0.25, 0.3) is 0 Å². The average molecular weight is 468 g/mol. The Bertz CT molecular complexity index is 1190. The summed E-state index contributed by atoms with van der Waals surface area (Å²) in [7, 11) is -7.52. The molecule has 2 aliphatic heterocycles. The lowest BCUT2D eigenvalue weighted by atomic mass is 10.2. The molecule has 31 heavy (non-hydrogen) atoms. The molecular formula is C20H22FN3O5S2. The van der Waals surface area contributed by atoms with Gasteiger partial charge >= 0.3 is 0 Å². The van der Waals surface area contributed by atoms with Crippen molar-refractivity contribution < 1.29 is 26.0 Å². The monoisotopic (exact) mass is 467 g/mol. The lowest BCUT2D eigenvalue weighted by molar-refractivity contribution is -0.119. The van der Waals surface area contributed by atoms with E-state index >= 15 is 0 Å². The van der Waals surface area contributed by atoms with Crippen LogP contribution in [0, 0.1) is 11.7 Å². The van der Waals surface area contributed by atoms with Gasteiger partial charge in [-0.25, -0.2) is 25.5 Å². The first-order valence-corrected chi connectivity index (χ1v) is 12.8. The Hall–Kier alpha value is -2.50. The quantitative estimate of drug-likeness (QED) is 0.679. The summed E-state index contributed by atoms with van der Waals surface area (Å²) in [5, 5.41) is 0. The van der Waals surface area contributed by atoms with E-state index in [0.717, 1.165) is 9.99 Å². The second-order valence-electron chi connectivity index (χ2n) is 7.64. The molecule has 2 aliphatic rings. The molecule has 2 aromatic carbocycles. The summed E-state index contributed by atoms with van der Waals surface area (Å²) in [5.41, 5.74) is 0.961. The van der Waals surface area contributed by atoms with Crippen molar-refractivity contribution in [3.8, 4) is 0 Å². The fraction of sp³-hybridized carbons (Fsp3) is 0.350. The first-order valence-electron chi connectivity index (χ1n) is 9.77. The highest BCUT2D eigenvalue weighted by atomic mass is 32.2. The first kappa shape index (κ1) is 21.7. The van der Waals surface area contributed by atoms with Gasteiger partial charge < -0.3 is 4.90 Å². The van der Waals surface area contributed by atoms with Gasteiger partial charge in [0, 0.05) is 31.9 Å². The van der Waals surface area contributed by atoms with Crippen molar-refractivity contribution in [2.24, 2.45) is 5.92 Å². The number of rotatable bonds is 4. The van der Waals surface area contributed by atoms with Crippen LogP contribution in [0.3, 0.4) is 0 Å². The van der Waals surface area contributed by atoms with Gasteiger partial charge in [-0.15, -0.1) is 0 Å². The molecule has 0 radical (unpaired) electrons. The summed E-state index contributed by atoms with van der Waals surface area (Å²) >= 11 is 0.